The summed E-state index contributed by atoms with van der Waals surface area (Å²) >= 11 is 0. The minimum atomic E-state index is -0.517. The lowest BCUT2D eigenvalue weighted by atomic mass is 9.96. The highest BCUT2D eigenvalue weighted by Crippen LogP contribution is 2.24. The van der Waals surface area contributed by atoms with Crippen molar-refractivity contribution in [2.24, 2.45) is 13.0 Å². The van der Waals surface area contributed by atoms with Gasteiger partial charge in [-0.2, -0.15) is 0 Å². The van der Waals surface area contributed by atoms with E-state index in [0.29, 0.717) is 25.3 Å². The van der Waals surface area contributed by atoms with Gasteiger partial charge in [-0.25, -0.2) is 14.2 Å². The molecule has 7 nitrogen and oxygen atoms in total. The van der Waals surface area contributed by atoms with Crippen molar-refractivity contribution in [2.45, 2.75) is 18.9 Å². The molecule has 2 aromatic carbocycles. The Morgan fingerprint density at radius 1 is 1.12 bits per heavy atom. The van der Waals surface area contributed by atoms with Gasteiger partial charge in [-0.15, -0.1) is 0 Å². The fraction of sp³-hybridized carbons (Fsp3) is 0.292. The second-order valence-electron chi connectivity index (χ2n) is 7.97. The molecular formula is C24H26FN5O2. The highest BCUT2D eigenvalue weighted by molar-refractivity contribution is 5.90. The lowest BCUT2D eigenvalue weighted by molar-refractivity contribution is -0.126. The molecule has 8 heteroatoms. The van der Waals surface area contributed by atoms with Crippen molar-refractivity contribution in [3.05, 3.63) is 84.2 Å². The number of piperidine rings is 1. The Kier molecular flexibility index (Phi) is 6.49. The lowest BCUT2D eigenvalue weighted by Crippen LogP contribution is -2.47. The van der Waals surface area contributed by atoms with E-state index >= 15 is 0 Å². The number of nitrogens with zero attached hydrogens (tertiary/aromatic N) is 3. The van der Waals surface area contributed by atoms with E-state index < -0.39 is 6.04 Å². The topological polar surface area (TPSA) is 79.3 Å². The van der Waals surface area contributed by atoms with Crippen LogP contribution in [0.1, 0.15) is 30.3 Å². The van der Waals surface area contributed by atoms with E-state index in [1.54, 1.807) is 29.4 Å². The van der Waals surface area contributed by atoms with E-state index in [0.717, 1.165) is 17.7 Å². The van der Waals surface area contributed by atoms with Gasteiger partial charge in [-0.05, 0) is 42.7 Å². The number of nitrogens with one attached hydrogen (secondary N) is 2. The van der Waals surface area contributed by atoms with Crippen LogP contribution in [0.4, 0.5) is 14.9 Å². The molecule has 0 aliphatic carbocycles. The van der Waals surface area contributed by atoms with E-state index in [4.69, 9.17) is 0 Å². The molecular weight excluding hydrogens is 409 g/mol. The average molecular weight is 436 g/mol. The maximum absolute atomic E-state index is 13.4. The van der Waals surface area contributed by atoms with Crippen LogP contribution in [0, 0.1) is 11.7 Å². The molecule has 32 heavy (non-hydrogen) atoms. The molecule has 2 unspecified atom stereocenters. The van der Waals surface area contributed by atoms with Crippen molar-refractivity contribution < 1.29 is 14.0 Å². The number of benzene rings is 2. The molecule has 2 atom stereocenters. The third-order valence-electron chi connectivity index (χ3n) is 5.71. The van der Waals surface area contributed by atoms with Crippen LogP contribution in [0.15, 0.2) is 67.0 Å². The van der Waals surface area contributed by atoms with Crippen LogP contribution in [-0.2, 0) is 11.8 Å². The smallest absolute Gasteiger partial charge is 0.321 e. The van der Waals surface area contributed by atoms with Gasteiger partial charge in [0.25, 0.3) is 0 Å². The van der Waals surface area contributed by atoms with Crippen LogP contribution in [-0.4, -0.2) is 39.5 Å². The van der Waals surface area contributed by atoms with Gasteiger partial charge in [0.2, 0.25) is 5.91 Å². The summed E-state index contributed by atoms with van der Waals surface area (Å²) in [5, 5.41) is 5.95. The molecule has 1 fully saturated rings. The fourth-order valence-electron chi connectivity index (χ4n) is 3.97. The Morgan fingerprint density at radius 3 is 2.56 bits per heavy atom. The summed E-state index contributed by atoms with van der Waals surface area (Å²) in [4.78, 5) is 31.9. The number of amides is 3. The van der Waals surface area contributed by atoms with Crippen molar-refractivity contribution in [1.29, 1.82) is 0 Å². The Morgan fingerprint density at radius 2 is 1.88 bits per heavy atom. The number of carbonyl (C=O) groups excluding carboxylic acids is 2. The maximum atomic E-state index is 13.4. The first-order valence-electron chi connectivity index (χ1n) is 10.7. The molecule has 1 aromatic heterocycles. The number of halogens is 1. The standard InChI is InChI=1S/C24H26FN5O2/c1-29-15-13-26-22(29)21(17-9-11-19(25)12-10-17)28-23(31)18-6-5-14-30(16-18)24(32)27-20-7-3-2-4-8-20/h2-4,7-13,15,18,21H,5-6,14,16H2,1H3,(H,27,32)(H,28,31). The summed E-state index contributed by atoms with van der Waals surface area (Å²) in [7, 11) is 1.85. The lowest BCUT2D eigenvalue weighted by Gasteiger charge is -2.33. The predicted molar refractivity (Wildman–Crippen MR) is 119 cm³/mol. The quantitative estimate of drug-likeness (QED) is 0.641. The molecule has 1 saturated heterocycles. The minimum Gasteiger partial charge on any atom is -0.342 e. The first kappa shape index (κ1) is 21.5. The molecule has 4 rings (SSSR count). The van der Waals surface area contributed by atoms with Gasteiger partial charge in [0.1, 0.15) is 17.7 Å². The van der Waals surface area contributed by atoms with E-state index in [-0.39, 0.29) is 23.7 Å². The number of aromatic nitrogens is 2. The number of hydrogen-bond acceptors (Lipinski definition) is 3. The average Bonchev–Trinajstić information content (AvgIpc) is 3.24. The second-order valence-corrected chi connectivity index (χ2v) is 7.97. The number of urea groups is 1. The Hall–Kier alpha value is -3.68. The van der Waals surface area contributed by atoms with Crippen molar-refractivity contribution in [2.75, 3.05) is 18.4 Å². The van der Waals surface area contributed by atoms with Crippen molar-refractivity contribution in [3.8, 4) is 0 Å². The number of carbonyl (C=O) groups is 2. The van der Waals surface area contributed by atoms with E-state index in [1.165, 1.54) is 12.1 Å². The normalized spacial score (nSPS) is 16.9. The monoisotopic (exact) mass is 435 g/mol. The molecule has 0 radical (unpaired) electrons. The maximum Gasteiger partial charge on any atom is 0.321 e. The number of aryl methyl sites for hydroxylation is 1. The zero-order valence-electron chi connectivity index (χ0n) is 17.9. The van der Waals surface area contributed by atoms with Crippen LogP contribution in [0.3, 0.4) is 0 Å². The predicted octanol–water partition coefficient (Wildman–Crippen LogP) is 3.71. The first-order valence-corrected chi connectivity index (χ1v) is 10.7. The van der Waals surface area contributed by atoms with Gasteiger partial charge in [0.05, 0.1) is 5.92 Å². The number of rotatable bonds is 5. The fourth-order valence-corrected chi connectivity index (χ4v) is 3.97. The van der Waals surface area contributed by atoms with Crippen molar-refractivity contribution in [1.82, 2.24) is 19.8 Å². The van der Waals surface area contributed by atoms with Gasteiger partial charge >= 0.3 is 6.03 Å². The summed E-state index contributed by atoms with van der Waals surface area (Å²) in [5.41, 5.74) is 1.46. The van der Waals surface area contributed by atoms with Gasteiger partial charge in [-0.3, -0.25) is 4.79 Å². The van der Waals surface area contributed by atoms with Crippen LogP contribution in [0.5, 0.6) is 0 Å². The second kappa shape index (κ2) is 9.64. The molecule has 166 valence electrons. The van der Waals surface area contributed by atoms with Crippen LogP contribution >= 0.6 is 0 Å². The first-order chi connectivity index (χ1) is 15.5. The highest BCUT2D eigenvalue weighted by Gasteiger charge is 2.31. The van der Waals surface area contributed by atoms with E-state index in [1.807, 2.05) is 41.9 Å². The summed E-state index contributed by atoms with van der Waals surface area (Å²) in [6.45, 7) is 0.935. The Balaban J connectivity index is 1.46. The molecule has 2 heterocycles. The minimum absolute atomic E-state index is 0.153. The summed E-state index contributed by atoms with van der Waals surface area (Å²) < 4.78 is 15.3. The van der Waals surface area contributed by atoms with Gasteiger partial charge < -0.3 is 20.1 Å². The zero-order chi connectivity index (χ0) is 22.5. The van der Waals surface area contributed by atoms with Crippen molar-refractivity contribution in [3.63, 3.8) is 0 Å². The number of imidazole rings is 1. The summed E-state index contributed by atoms with van der Waals surface area (Å²) in [5.74, 6) is -0.182. The molecule has 0 bridgehead atoms. The van der Waals surface area contributed by atoms with Gasteiger partial charge in [0.15, 0.2) is 0 Å². The van der Waals surface area contributed by atoms with Crippen LogP contribution in [0.25, 0.3) is 0 Å². The molecule has 0 spiro atoms. The van der Waals surface area contributed by atoms with Gasteiger partial charge in [0, 0.05) is 38.2 Å². The molecule has 3 amide bonds. The zero-order valence-corrected chi connectivity index (χ0v) is 17.9. The molecule has 3 aromatic rings. The van der Waals surface area contributed by atoms with E-state index in [2.05, 4.69) is 15.6 Å². The number of hydrogen-bond donors (Lipinski definition) is 2. The van der Waals surface area contributed by atoms with Crippen LogP contribution < -0.4 is 10.6 Å². The summed E-state index contributed by atoms with van der Waals surface area (Å²) in [6, 6.07) is 14.6. The molecule has 1 aliphatic rings. The Bertz CT molecular complexity index is 1070. The molecule has 1 aliphatic heterocycles. The molecule has 2 N–H and O–H groups in total. The van der Waals surface area contributed by atoms with E-state index in [9.17, 15) is 14.0 Å². The van der Waals surface area contributed by atoms with Gasteiger partial charge in [-0.1, -0.05) is 30.3 Å². The number of likely N-dealkylation sites (tertiary alicyclic amines) is 1. The third-order valence-corrected chi connectivity index (χ3v) is 5.71. The number of para-hydroxylation sites is 1. The third kappa shape index (κ3) is 4.96. The summed E-state index contributed by atoms with van der Waals surface area (Å²) in [6.07, 6.45) is 4.89. The highest BCUT2D eigenvalue weighted by atomic mass is 19.1. The number of anilines is 1. The van der Waals surface area contributed by atoms with Crippen molar-refractivity contribution >= 4 is 17.6 Å². The van der Waals surface area contributed by atoms with Crippen LogP contribution in [0.2, 0.25) is 0 Å². The Labute approximate surface area is 186 Å². The SMILES string of the molecule is Cn1ccnc1C(NC(=O)C1CCCN(C(=O)Nc2ccccc2)C1)c1ccc(F)cc1. The largest absolute Gasteiger partial charge is 0.342 e. The molecule has 0 saturated carbocycles.